The van der Waals surface area contributed by atoms with Crippen LogP contribution in [0.2, 0.25) is 0 Å². The lowest BCUT2D eigenvalue weighted by Crippen LogP contribution is -2.16. The van der Waals surface area contributed by atoms with Crippen LogP contribution in [0.5, 0.6) is 0 Å². The van der Waals surface area contributed by atoms with E-state index in [1.807, 2.05) is 6.20 Å². The molecule has 0 atom stereocenters. The summed E-state index contributed by atoms with van der Waals surface area (Å²) in [6.45, 7) is 2.19. The molecule has 0 spiro atoms. The average molecular weight is 207 g/mol. The summed E-state index contributed by atoms with van der Waals surface area (Å²) in [5.74, 6) is 0. The number of nitrogens with two attached hydrogens (primary N) is 1. The third-order valence-electron chi connectivity index (χ3n) is 3.34. The summed E-state index contributed by atoms with van der Waals surface area (Å²) in [6.07, 6.45) is 10.6. The quantitative estimate of drug-likeness (QED) is 0.828. The van der Waals surface area contributed by atoms with Crippen LogP contribution in [-0.2, 0) is 6.42 Å². The molecule has 1 fully saturated rings. The number of nitrogens with zero attached hydrogens (tertiary/aromatic N) is 2. The van der Waals surface area contributed by atoms with Crippen molar-refractivity contribution in [2.75, 3.05) is 5.73 Å². The van der Waals surface area contributed by atoms with Crippen LogP contribution in [-0.4, -0.2) is 9.78 Å². The van der Waals surface area contributed by atoms with E-state index in [1.165, 1.54) is 37.8 Å². The van der Waals surface area contributed by atoms with Crippen molar-refractivity contribution in [2.45, 2.75) is 57.9 Å². The Morgan fingerprint density at radius 1 is 1.40 bits per heavy atom. The Morgan fingerprint density at radius 2 is 2.13 bits per heavy atom. The van der Waals surface area contributed by atoms with Gasteiger partial charge in [0.15, 0.2) is 0 Å². The first-order valence-electron chi connectivity index (χ1n) is 6.14. The zero-order valence-corrected chi connectivity index (χ0v) is 9.58. The first-order chi connectivity index (χ1) is 7.33. The molecule has 1 aromatic rings. The third-order valence-corrected chi connectivity index (χ3v) is 3.34. The van der Waals surface area contributed by atoms with E-state index in [0.29, 0.717) is 6.04 Å². The van der Waals surface area contributed by atoms with Gasteiger partial charge >= 0.3 is 0 Å². The molecule has 1 aliphatic carbocycles. The van der Waals surface area contributed by atoms with E-state index in [9.17, 15) is 0 Å². The molecule has 0 saturated heterocycles. The van der Waals surface area contributed by atoms with Gasteiger partial charge in [0.1, 0.15) is 0 Å². The Labute approximate surface area is 91.7 Å². The molecule has 1 saturated carbocycles. The van der Waals surface area contributed by atoms with Crippen molar-refractivity contribution in [3.63, 3.8) is 0 Å². The predicted molar refractivity (Wildman–Crippen MR) is 62.8 cm³/mol. The molecule has 2 rings (SSSR count). The zero-order chi connectivity index (χ0) is 10.7. The maximum atomic E-state index is 5.95. The largest absolute Gasteiger partial charge is 0.396 e. The van der Waals surface area contributed by atoms with Crippen molar-refractivity contribution >= 4 is 5.69 Å². The molecule has 15 heavy (non-hydrogen) atoms. The van der Waals surface area contributed by atoms with Crippen molar-refractivity contribution < 1.29 is 0 Å². The molecule has 1 aliphatic rings. The molecular formula is C12H21N3. The van der Waals surface area contributed by atoms with Crippen molar-refractivity contribution in [1.82, 2.24) is 9.78 Å². The Balaban J connectivity index is 2.18. The van der Waals surface area contributed by atoms with E-state index in [0.717, 1.165) is 18.5 Å². The monoisotopic (exact) mass is 207 g/mol. The second-order valence-electron chi connectivity index (χ2n) is 4.53. The van der Waals surface area contributed by atoms with Crippen LogP contribution >= 0.6 is 0 Å². The van der Waals surface area contributed by atoms with Crippen LogP contribution in [0.1, 0.15) is 57.2 Å². The number of nitrogen functional groups attached to an aromatic ring is 1. The summed E-state index contributed by atoms with van der Waals surface area (Å²) in [6, 6.07) is 0.609. The molecule has 0 unspecified atom stereocenters. The fourth-order valence-electron chi connectivity index (χ4n) is 2.54. The minimum Gasteiger partial charge on any atom is -0.396 e. The SMILES string of the molecule is CCCc1c(N)cnn1C1CCCCC1. The van der Waals surface area contributed by atoms with Gasteiger partial charge in [0.2, 0.25) is 0 Å². The lowest BCUT2D eigenvalue weighted by atomic mass is 9.95. The van der Waals surface area contributed by atoms with Crippen LogP contribution in [0, 0.1) is 0 Å². The summed E-state index contributed by atoms with van der Waals surface area (Å²) >= 11 is 0. The highest BCUT2D eigenvalue weighted by Crippen LogP contribution is 2.30. The van der Waals surface area contributed by atoms with Gasteiger partial charge in [0.25, 0.3) is 0 Å². The van der Waals surface area contributed by atoms with Crippen LogP contribution in [0.3, 0.4) is 0 Å². The Bertz CT molecular complexity index is 311. The van der Waals surface area contributed by atoms with E-state index in [2.05, 4.69) is 16.7 Å². The lowest BCUT2D eigenvalue weighted by molar-refractivity contribution is 0.322. The second-order valence-corrected chi connectivity index (χ2v) is 4.53. The maximum Gasteiger partial charge on any atom is 0.0733 e. The molecule has 0 amide bonds. The smallest absolute Gasteiger partial charge is 0.0733 e. The van der Waals surface area contributed by atoms with Gasteiger partial charge in [-0.05, 0) is 19.3 Å². The number of hydrogen-bond donors (Lipinski definition) is 1. The summed E-state index contributed by atoms with van der Waals surface area (Å²) in [4.78, 5) is 0. The molecule has 0 radical (unpaired) electrons. The molecule has 84 valence electrons. The van der Waals surface area contributed by atoms with Crippen LogP contribution in [0.25, 0.3) is 0 Å². The molecule has 3 nitrogen and oxygen atoms in total. The summed E-state index contributed by atoms with van der Waals surface area (Å²) in [5, 5.41) is 4.45. The van der Waals surface area contributed by atoms with E-state index >= 15 is 0 Å². The number of rotatable bonds is 3. The van der Waals surface area contributed by atoms with E-state index in [-0.39, 0.29) is 0 Å². The van der Waals surface area contributed by atoms with Gasteiger partial charge in [-0.1, -0.05) is 32.6 Å². The standard InChI is InChI=1S/C12H21N3/c1-2-6-12-11(13)9-14-15(12)10-7-4-3-5-8-10/h9-10H,2-8,13H2,1H3. The van der Waals surface area contributed by atoms with Gasteiger partial charge in [-0.3, -0.25) is 4.68 Å². The second kappa shape index (κ2) is 4.69. The number of aromatic nitrogens is 2. The van der Waals surface area contributed by atoms with Crippen molar-refractivity contribution in [3.8, 4) is 0 Å². The van der Waals surface area contributed by atoms with Gasteiger partial charge in [-0.15, -0.1) is 0 Å². The topological polar surface area (TPSA) is 43.8 Å². The van der Waals surface area contributed by atoms with Crippen molar-refractivity contribution in [1.29, 1.82) is 0 Å². The average Bonchev–Trinajstić information content (AvgIpc) is 2.63. The van der Waals surface area contributed by atoms with Crippen molar-refractivity contribution in [2.24, 2.45) is 0 Å². The predicted octanol–water partition coefficient (Wildman–Crippen LogP) is 2.92. The van der Waals surface area contributed by atoms with Crippen molar-refractivity contribution in [3.05, 3.63) is 11.9 Å². The van der Waals surface area contributed by atoms with E-state index < -0.39 is 0 Å². The fourth-order valence-corrected chi connectivity index (χ4v) is 2.54. The molecule has 1 aromatic heterocycles. The summed E-state index contributed by atoms with van der Waals surface area (Å²) < 4.78 is 2.19. The molecule has 0 bridgehead atoms. The van der Waals surface area contributed by atoms with Crippen LogP contribution in [0.4, 0.5) is 5.69 Å². The van der Waals surface area contributed by atoms with E-state index in [1.54, 1.807) is 0 Å². The minimum absolute atomic E-state index is 0.609. The highest BCUT2D eigenvalue weighted by Gasteiger charge is 2.19. The van der Waals surface area contributed by atoms with Gasteiger partial charge in [-0.2, -0.15) is 5.10 Å². The molecule has 0 aromatic carbocycles. The highest BCUT2D eigenvalue weighted by atomic mass is 15.3. The van der Waals surface area contributed by atoms with Crippen LogP contribution < -0.4 is 5.73 Å². The highest BCUT2D eigenvalue weighted by molar-refractivity contribution is 5.41. The molecule has 2 N–H and O–H groups in total. The Kier molecular flexibility index (Phi) is 3.29. The van der Waals surface area contributed by atoms with E-state index in [4.69, 9.17) is 5.73 Å². The number of anilines is 1. The molecule has 0 aliphatic heterocycles. The fraction of sp³-hybridized carbons (Fsp3) is 0.750. The van der Waals surface area contributed by atoms with Gasteiger partial charge in [0, 0.05) is 0 Å². The molecule has 1 heterocycles. The summed E-state index contributed by atoms with van der Waals surface area (Å²) in [5.41, 5.74) is 8.08. The molecule has 3 heteroatoms. The summed E-state index contributed by atoms with van der Waals surface area (Å²) in [7, 11) is 0. The van der Waals surface area contributed by atoms with Gasteiger partial charge < -0.3 is 5.73 Å². The third kappa shape index (κ3) is 2.16. The zero-order valence-electron chi connectivity index (χ0n) is 9.58. The number of hydrogen-bond acceptors (Lipinski definition) is 2. The van der Waals surface area contributed by atoms with Gasteiger partial charge in [-0.25, -0.2) is 0 Å². The Hall–Kier alpha value is -0.990. The minimum atomic E-state index is 0.609. The van der Waals surface area contributed by atoms with Gasteiger partial charge in [0.05, 0.1) is 23.6 Å². The molecular weight excluding hydrogens is 186 g/mol. The first kappa shape index (κ1) is 10.5. The maximum absolute atomic E-state index is 5.95. The van der Waals surface area contributed by atoms with Crippen LogP contribution in [0.15, 0.2) is 6.20 Å². The Morgan fingerprint density at radius 3 is 2.80 bits per heavy atom. The normalized spacial score (nSPS) is 18.2. The lowest BCUT2D eigenvalue weighted by Gasteiger charge is -2.24. The first-order valence-corrected chi connectivity index (χ1v) is 6.14.